The van der Waals surface area contributed by atoms with Gasteiger partial charge in [-0.05, 0) is 19.4 Å². The number of nitrogens with two attached hydrogens (primary N) is 1. The van der Waals surface area contributed by atoms with Gasteiger partial charge in [0.05, 0.1) is 36.2 Å². The second-order valence-corrected chi connectivity index (χ2v) is 4.66. The summed E-state index contributed by atoms with van der Waals surface area (Å²) in [7, 11) is 1.36. The lowest BCUT2D eigenvalue weighted by atomic mass is 10.1. The summed E-state index contributed by atoms with van der Waals surface area (Å²) in [6.45, 7) is 2.70. The molecule has 0 saturated carbocycles. The van der Waals surface area contributed by atoms with Crippen LogP contribution in [-0.4, -0.2) is 42.0 Å². The van der Waals surface area contributed by atoms with E-state index in [4.69, 9.17) is 10.5 Å². The third kappa shape index (κ3) is 2.67. The van der Waals surface area contributed by atoms with Crippen molar-refractivity contribution in [3.8, 4) is 0 Å². The first-order valence-corrected chi connectivity index (χ1v) is 6.12. The maximum absolute atomic E-state index is 12.4. The third-order valence-electron chi connectivity index (χ3n) is 3.35. The Balaban J connectivity index is 2.13. The van der Waals surface area contributed by atoms with Crippen LogP contribution in [0, 0.1) is 12.8 Å². The number of carbonyl (C=O) groups is 2. The van der Waals surface area contributed by atoms with Gasteiger partial charge < -0.3 is 15.4 Å². The van der Waals surface area contributed by atoms with Gasteiger partial charge in [0.15, 0.2) is 0 Å². The third-order valence-corrected chi connectivity index (χ3v) is 3.35. The van der Waals surface area contributed by atoms with E-state index in [0.29, 0.717) is 36.5 Å². The van der Waals surface area contributed by atoms with E-state index in [0.717, 1.165) is 0 Å². The van der Waals surface area contributed by atoms with Crippen molar-refractivity contribution in [1.29, 1.82) is 0 Å². The molecule has 6 heteroatoms. The summed E-state index contributed by atoms with van der Waals surface area (Å²) in [6, 6.07) is 1.62. The molecule has 102 valence electrons. The monoisotopic (exact) mass is 263 g/mol. The first kappa shape index (κ1) is 13.3. The molecule has 0 radical (unpaired) electrons. The maximum Gasteiger partial charge on any atom is 0.310 e. The SMILES string of the molecule is COC(=O)C1CCN(C(=O)c2cc(N)cnc2C)C1. The minimum absolute atomic E-state index is 0.135. The fourth-order valence-electron chi connectivity index (χ4n) is 2.24. The number of esters is 1. The van der Waals surface area contributed by atoms with Crippen LogP contribution in [0.4, 0.5) is 5.69 Å². The number of nitrogens with zero attached hydrogens (tertiary/aromatic N) is 2. The highest BCUT2D eigenvalue weighted by atomic mass is 16.5. The summed E-state index contributed by atoms with van der Waals surface area (Å²) in [5, 5.41) is 0. The molecule has 2 N–H and O–H groups in total. The predicted molar refractivity (Wildman–Crippen MR) is 69.4 cm³/mol. The Morgan fingerprint density at radius 2 is 2.26 bits per heavy atom. The molecule has 19 heavy (non-hydrogen) atoms. The van der Waals surface area contributed by atoms with Gasteiger partial charge >= 0.3 is 5.97 Å². The van der Waals surface area contributed by atoms with Gasteiger partial charge in [0.25, 0.3) is 5.91 Å². The molecular weight excluding hydrogens is 246 g/mol. The van der Waals surface area contributed by atoms with Gasteiger partial charge in [0.1, 0.15) is 0 Å². The molecule has 1 saturated heterocycles. The Bertz CT molecular complexity index is 516. The number of carbonyl (C=O) groups excluding carboxylic acids is 2. The highest BCUT2D eigenvalue weighted by Gasteiger charge is 2.32. The molecule has 1 unspecified atom stereocenters. The molecule has 2 heterocycles. The van der Waals surface area contributed by atoms with E-state index < -0.39 is 0 Å². The molecular formula is C13H17N3O3. The van der Waals surface area contributed by atoms with Crippen LogP contribution >= 0.6 is 0 Å². The van der Waals surface area contributed by atoms with Crippen molar-refractivity contribution >= 4 is 17.6 Å². The Kier molecular flexibility index (Phi) is 3.69. The van der Waals surface area contributed by atoms with Crippen LogP contribution in [0.5, 0.6) is 0 Å². The topological polar surface area (TPSA) is 85.5 Å². The zero-order valence-electron chi connectivity index (χ0n) is 11.0. The molecule has 1 aliphatic heterocycles. The number of rotatable bonds is 2. The van der Waals surface area contributed by atoms with Gasteiger partial charge in [-0.15, -0.1) is 0 Å². The van der Waals surface area contributed by atoms with Gasteiger partial charge in [0, 0.05) is 13.1 Å². The Morgan fingerprint density at radius 3 is 2.95 bits per heavy atom. The Labute approximate surface area is 111 Å². The molecule has 2 rings (SSSR count). The number of nitrogen functional groups attached to an aromatic ring is 1. The summed E-state index contributed by atoms with van der Waals surface area (Å²) in [4.78, 5) is 29.5. The van der Waals surface area contributed by atoms with Gasteiger partial charge in [0.2, 0.25) is 0 Å². The summed E-state index contributed by atoms with van der Waals surface area (Å²) in [5.41, 5.74) is 7.24. The standard InChI is InChI=1S/C13H17N3O3/c1-8-11(5-10(14)6-15-8)12(17)16-4-3-9(7-16)13(18)19-2/h5-6,9H,3-4,7,14H2,1-2H3. The summed E-state index contributed by atoms with van der Waals surface area (Å²) >= 11 is 0. The first-order valence-electron chi connectivity index (χ1n) is 6.12. The van der Waals surface area contributed by atoms with Crippen LogP contribution in [0.1, 0.15) is 22.5 Å². The van der Waals surface area contributed by atoms with E-state index in [-0.39, 0.29) is 17.8 Å². The lowest BCUT2D eigenvalue weighted by Gasteiger charge is -2.17. The quantitative estimate of drug-likeness (QED) is 0.790. The molecule has 0 aliphatic carbocycles. The van der Waals surface area contributed by atoms with Crippen molar-refractivity contribution in [3.63, 3.8) is 0 Å². The number of amides is 1. The molecule has 1 aromatic heterocycles. The van der Waals surface area contributed by atoms with E-state index in [2.05, 4.69) is 4.98 Å². The second kappa shape index (κ2) is 5.26. The molecule has 0 spiro atoms. The van der Waals surface area contributed by atoms with Gasteiger partial charge in [-0.3, -0.25) is 14.6 Å². The molecule has 1 aliphatic rings. The van der Waals surface area contributed by atoms with E-state index in [1.807, 2.05) is 0 Å². The Morgan fingerprint density at radius 1 is 1.53 bits per heavy atom. The van der Waals surface area contributed by atoms with Crippen LogP contribution in [-0.2, 0) is 9.53 Å². The van der Waals surface area contributed by atoms with Crippen molar-refractivity contribution in [2.24, 2.45) is 5.92 Å². The smallest absolute Gasteiger partial charge is 0.310 e. The number of pyridine rings is 1. The minimum Gasteiger partial charge on any atom is -0.469 e. The lowest BCUT2D eigenvalue weighted by Crippen LogP contribution is -2.31. The maximum atomic E-state index is 12.4. The van der Waals surface area contributed by atoms with Gasteiger partial charge in [-0.2, -0.15) is 0 Å². The second-order valence-electron chi connectivity index (χ2n) is 4.66. The number of hydrogen-bond donors (Lipinski definition) is 1. The largest absolute Gasteiger partial charge is 0.469 e. The first-order chi connectivity index (χ1) is 9.02. The number of ether oxygens (including phenoxy) is 1. The highest BCUT2D eigenvalue weighted by Crippen LogP contribution is 2.21. The number of anilines is 1. The van der Waals surface area contributed by atoms with Crippen molar-refractivity contribution in [3.05, 3.63) is 23.5 Å². The van der Waals surface area contributed by atoms with Crippen molar-refractivity contribution in [2.45, 2.75) is 13.3 Å². The summed E-state index contributed by atoms with van der Waals surface area (Å²) < 4.78 is 4.70. The van der Waals surface area contributed by atoms with Gasteiger partial charge in [-0.25, -0.2) is 0 Å². The van der Waals surface area contributed by atoms with Crippen molar-refractivity contribution in [2.75, 3.05) is 25.9 Å². The van der Waals surface area contributed by atoms with Crippen LogP contribution < -0.4 is 5.73 Å². The van der Waals surface area contributed by atoms with Crippen LogP contribution in [0.15, 0.2) is 12.3 Å². The lowest BCUT2D eigenvalue weighted by molar-refractivity contribution is -0.144. The van der Waals surface area contributed by atoms with E-state index in [1.165, 1.54) is 13.3 Å². The minimum atomic E-state index is -0.266. The average molecular weight is 263 g/mol. The molecule has 1 fully saturated rings. The summed E-state index contributed by atoms with van der Waals surface area (Å²) in [6.07, 6.45) is 2.15. The van der Waals surface area contributed by atoms with E-state index >= 15 is 0 Å². The van der Waals surface area contributed by atoms with Crippen LogP contribution in [0.3, 0.4) is 0 Å². The fraction of sp³-hybridized carbons (Fsp3) is 0.462. The number of likely N-dealkylation sites (tertiary alicyclic amines) is 1. The number of hydrogen-bond acceptors (Lipinski definition) is 5. The van der Waals surface area contributed by atoms with Crippen LogP contribution in [0.2, 0.25) is 0 Å². The number of methoxy groups -OCH3 is 1. The van der Waals surface area contributed by atoms with Crippen molar-refractivity contribution in [1.82, 2.24) is 9.88 Å². The number of aromatic nitrogens is 1. The highest BCUT2D eigenvalue weighted by molar-refractivity contribution is 5.96. The van der Waals surface area contributed by atoms with Crippen molar-refractivity contribution < 1.29 is 14.3 Å². The molecule has 1 amide bonds. The summed E-state index contributed by atoms with van der Waals surface area (Å²) in [5.74, 6) is -0.635. The Hall–Kier alpha value is -2.11. The fourth-order valence-corrected chi connectivity index (χ4v) is 2.24. The average Bonchev–Trinajstić information content (AvgIpc) is 2.89. The van der Waals surface area contributed by atoms with E-state index in [1.54, 1.807) is 17.9 Å². The molecule has 6 nitrogen and oxygen atoms in total. The molecule has 0 aromatic carbocycles. The van der Waals surface area contributed by atoms with E-state index in [9.17, 15) is 9.59 Å². The van der Waals surface area contributed by atoms with Gasteiger partial charge in [-0.1, -0.05) is 0 Å². The zero-order valence-corrected chi connectivity index (χ0v) is 11.0. The number of aryl methyl sites for hydroxylation is 1. The molecule has 0 bridgehead atoms. The normalized spacial score (nSPS) is 18.4. The van der Waals surface area contributed by atoms with Crippen LogP contribution in [0.25, 0.3) is 0 Å². The predicted octanol–water partition coefficient (Wildman–Crippen LogP) is 0.607. The molecule has 1 aromatic rings. The zero-order chi connectivity index (χ0) is 14.0. The molecule has 1 atom stereocenters.